The predicted molar refractivity (Wildman–Crippen MR) is 126 cm³/mol. The quantitative estimate of drug-likeness (QED) is 0.697. The molecule has 4 rings (SSSR count). The van der Waals surface area contributed by atoms with Crippen molar-refractivity contribution in [1.29, 1.82) is 0 Å². The lowest BCUT2D eigenvalue weighted by Gasteiger charge is -2.54. The van der Waals surface area contributed by atoms with Crippen molar-refractivity contribution >= 4 is 0 Å². The number of β-amino-alcohol motifs (C(OH)–C–C–N with tert-alkyl or cyclic N) is 1. The van der Waals surface area contributed by atoms with Crippen molar-refractivity contribution in [3.63, 3.8) is 0 Å². The van der Waals surface area contributed by atoms with Crippen molar-refractivity contribution in [3.8, 4) is 5.75 Å². The summed E-state index contributed by atoms with van der Waals surface area (Å²) in [5.74, 6) is 2.15. The van der Waals surface area contributed by atoms with Gasteiger partial charge < -0.3 is 14.6 Å². The van der Waals surface area contributed by atoms with Crippen molar-refractivity contribution in [3.05, 3.63) is 28.8 Å². The van der Waals surface area contributed by atoms with E-state index < -0.39 is 6.10 Å². The van der Waals surface area contributed by atoms with Crippen LogP contribution in [0.4, 0.5) is 0 Å². The summed E-state index contributed by atoms with van der Waals surface area (Å²) in [6.07, 6.45) is 5.92. The summed E-state index contributed by atoms with van der Waals surface area (Å²) in [6.45, 7) is 16.4. The Hall–Kier alpha value is -1.10. The Balaban J connectivity index is 1.54. The zero-order valence-corrected chi connectivity index (χ0v) is 20.4. The van der Waals surface area contributed by atoms with Crippen LogP contribution in [0.15, 0.2) is 12.1 Å². The summed E-state index contributed by atoms with van der Waals surface area (Å²) >= 11 is 0. The highest BCUT2D eigenvalue weighted by Gasteiger charge is 2.50. The van der Waals surface area contributed by atoms with Crippen LogP contribution in [0.3, 0.4) is 0 Å². The van der Waals surface area contributed by atoms with E-state index in [-0.39, 0.29) is 5.41 Å². The SMILES string of the molecule is CC(C)c1c(OCC(O)CN2CCOCC2)ccc2c1CCC1C(C)(C)CCC[C@]21C. The van der Waals surface area contributed by atoms with Gasteiger partial charge in [-0.1, -0.05) is 47.1 Å². The number of aliphatic hydroxyl groups excluding tert-OH is 1. The Morgan fingerprint density at radius 1 is 1.16 bits per heavy atom. The average molecular weight is 430 g/mol. The molecular formula is C27H43NO3. The van der Waals surface area contributed by atoms with Gasteiger partial charge in [0.25, 0.3) is 0 Å². The molecule has 3 atom stereocenters. The van der Waals surface area contributed by atoms with Crippen LogP contribution in [0.5, 0.6) is 5.75 Å². The van der Waals surface area contributed by atoms with Gasteiger partial charge in [-0.15, -0.1) is 0 Å². The molecule has 0 amide bonds. The van der Waals surface area contributed by atoms with Gasteiger partial charge >= 0.3 is 0 Å². The first-order valence-corrected chi connectivity index (χ1v) is 12.5. The van der Waals surface area contributed by atoms with Crippen molar-refractivity contribution in [2.45, 2.75) is 84.2 Å². The molecule has 1 heterocycles. The first-order valence-electron chi connectivity index (χ1n) is 12.5. The summed E-state index contributed by atoms with van der Waals surface area (Å²) < 4.78 is 11.7. The lowest BCUT2D eigenvalue weighted by molar-refractivity contribution is 0.00448. The van der Waals surface area contributed by atoms with E-state index in [1.54, 1.807) is 5.56 Å². The minimum absolute atomic E-state index is 0.271. The highest BCUT2D eigenvalue weighted by atomic mass is 16.5. The Labute approximate surface area is 189 Å². The van der Waals surface area contributed by atoms with E-state index in [1.165, 1.54) is 36.8 Å². The third-order valence-corrected chi connectivity index (χ3v) is 8.43. The molecule has 1 aromatic rings. The summed E-state index contributed by atoms with van der Waals surface area (Å²) in [5, 5.41) is 10.6. The van der Waals surface area contributed by atoms with Gasteiger partial charge in [-0.3, -0.25) is 4.90 Å². The van der Waals surface area contributed by atoms with Gasteiger partial charge in [-0.05, 0) is 65.5 Å². The molecule has 1 aliphatic heterocycles. The number of ether oxygens (including phenoxy) is 2. The molecule has 0 bridgehead atoms. The second kappa shape index (κ2) is 9.03. The highest BCUT2D eigenvalue weighted by molar-refractivity contribution is 5.51. The minimum atomic E-state index is -0.477. The zero-order chi connectivity index (χ0) is 22.2. The molecule has 0 spiro atoms. The number of rotatable bonds is 6. The maximum atomic E-state index is 10.6. The number of hydrogen-bond donors (Lipinski definition) is 1. The summed E-state index contributed by atoms with van der Waals surface area (Å²) in [6, 6.07) is 4.56. The van der Waals surface area contributed by atoms with E-state index >= 15 is 0 Å². The molecule has 174 valence electrons. The normalized spacial score (nSPS) is 29.3. The van der Waals surface area contributed by atoms with E-state index in [4.69, 9.17) is 9.47 Å². The number of aliphatic hydroxyl groups is 1. The van der Waals surface area contributed by atoms with Crippen LogP contribution in [-0.4, -0.2) is 55.6 Å². The molecule has 0 radical (unpaired) electrons. The fraction of sp³-hybridized carbons (Fsp3) is 0.778. The predicted octanol–water partition coefficient (Wildman–Crippen LogP) is 4.91. The van der Waals surface area contributed by atoms with Gasteiger partial charge in [-0.25, -0.2) is 0 Å². The van der Waals surface area contributed by atoms with Gasteiger partial charge in [0.1, 0.15) is 18.5 Å². The highest BCUT2D eigenvalue weighted by Crippen LogP contribution is 2.58. The molecule has 2 fully saturated rings. The molecule has 31 heavy (non-hydrogen) atoms. The van der Waals surface area contributed by atoms with Gasteiger partial charge in [0, 0.05) is 25.2 Å². The van der Waals surface area contributed by atoms with Crippen LogP contribution in [0.25, 0.3) is 0 Å². The van der Waals surface area contributed by atoms with E-state index in [2.05, 4.69) is 51.7 Å². The molecular weight excluding hydrogens is 386 g/mol. The Kier molecular flexibility index (Phi) is 6.72. The maximum absolute atomic E-state index is 10.6. The van der Waals surface area contributed by atoms with E-state index in [0.717, 1.165) is 44.4 Å². The van der Waals surface area contributed by atoms with Gasteiger partial charge in [0.15, 0.2) is 0 Å². The third kappa shape index (κ3) is 4.54. The number of nitrogens with zero attached hydrogens (tertiary/aromatic N) is 1. The molecule has 1 saturated heterocycles. The summed E-state index contributed by atoms with van der Waals surface area (Å²) in [4.78, 5) is 2.26. The molecule has 2 unspecified atom stereocenters. The second-order valence-electron chi connectivity index (χ2n) is 11.4. The summed E-state index contributed by atoms with van der Waals surface area (Å²) in [7, 11) is 0. The second-order valence-corrected chi connectivity index (χ2v) is 11.4. The number of morpholine rings is 1. The van der Waals surface area contributed by atoms with Crippen LogP contribution < -0.4 is 4.74 Å². The van der Waals surface area contributed by atoms with Crippen LogP contribution in [0.2, 0.25) is 0 Å². The average Bonchev–Trinajstić information content (AvgIpc) is 2.71. The Morgan fingerprint density at radius 3 is 2.61 bits per heavy atom. The molecule has 0 aromatic heterocycles. The Morgan fingerprint density at radius 2 is 1.90 bits per heavy atom. The van der Waals surface area contributed by atoms with Crippen molar-refractivity contribution in [1.82, 2.24) is 4.90 Å². The maximum Gasteiger partial charge on any atom is 0.123 e. The molecule has 4 nitrogen and oxygen atoms in total. The van der Waals surface area contributed by atoms with Crippen LogP contribution in [-0.2, 0) is 16.6 Å². The van der Waals surface area contributed by atoms with Crippen molar-refractivity contribution < 1.29 is 14.6 Å². The summed E-state index contributed by atoms with van der Waals surface area (Å²) in [5.41, 5.74) is 5.17. The van der Waals surface area contributed by atoms with E-state index in [1.807, 2.05) is 0 Å². The molecule has 1 aromatic carbocycles. The minimum Gasteiger partial charge on any atom is -0.491 e. The molecule has 4 heteroatoms. The number of benzene rings is 1. The van der Waals surface area contributed by atoms with Gasteiger partial charge in [0.2, 0.25) is 0 Å². The fourth-order valence-corrected chi connectivity index (χ4v) is 6.97. The van der Waals surface area contributed by atoms with Gasteiger partial charge in [-0.2, -0.15) is 0 Å². The Bertz CT molecular complexity index is 768. The first kappa shape index (κ1) is 23.1. The van der Waals surface area contributed by atoms with Gasteiger partial charge in [0.05, 0.1) is 13.2 Å². The first-order chi connectivity index (χ1) is 14.7. The molecule has 1 N–H and O–H groups in total. The topological polar surface area (TPSA) is 41.9 Å². The monoisotopic (exact) mass is 429 g/mol. The lowest BCUT2D eigenvalue weighted by atomic mass is 9.50. The zero-order valence-electron chi connectivity index (χ0n) is 20.4. The smallest absolute Gasteiger partial charge is 0.123 e. The van der Waals surface area contributed by atoms with Crippen LogP contribution in [0.1, 0.15) is 82.9 Å². The number of hydrogen-bond acceptors (Lipinski definition) is 4. The largest absolute Gasteiger partial charge is 0.491 e. The molecule has 1 saturated carbocycles. The van der Waals surface area contributed by atoms with E-state index in [0.29, 0.717) is 24.5 Å². The van der Waals surface area contributed by atoms with Crippen LogP contribution >= 0.6 is 0 Å². The lowest BCUT2D eigenvalue weighted by Crippen LogP contribution is -2.48. The van der Waals surface area contributed by atoms with Crippen LogP contribution in [0, 0.1) is 11.3 Å². The van der Waals surface area contributed by atoms with Crippen molar-refractivity contribution in [2.24, 2.45) is 11.3 Å². The fourth-order valence-electron chi connectivity index (χ4n) is 6.97. The van der Waals surface area contributed by atoms with E-state index in [9.17, 15) is 5.11 Å². The molecule has 2 aliphatic carbocycles. The third-order valence-electron chi connectivity index (χ3n) is 8.43. The van der Waals surface area contributed by atoms with Crippen molar-refractivity contribution in [2.75, 3.05) is 39.5 Å². The molecule has 3 aliphatic rings. The number of fused-ring (bicyclic) bond motifs is 3. The standard InChI is InChI=1S/C27H43NO3/c1-19(2)25-21-7-10-24-26(3,4)11-6-12-27(24,5)22(21)8-9-23(25)31-18-20(29)17-28-13-15-30-16-14-28/h8-9,19-20,24,29H,6-7,10-18H2,1-5H3/t20?,24?,27-/m1/s1.